The van der Waals surface area contributed by atoms with Crippen LogP contribution in [0.5, 0.6) is 0 Å². The summed E-state index contributed by atoms with van der Waals surface area (Å²) in [7, 11) is 1.80. The van der Waals surface area contributed by atoms with Crippen LogP contribution in [0.25, 0.3) is 0 Å². The number of hydrogen-bond acceptors (Lipinski definition) is 2. The van der Waals surface area contributed by atoms with E-state index < -0.39 is 0 Å². The van der Waals surface area contributed by atoms with E-state index in [9.17, 15) is 4.39 Å². The van der Waals surface area contributed by atoms with Gasteiger partial charge in [0.25, 0.3) is 0 Å². The third-order valence-electron chi connectivity index (χ3n) is 3.55. The first-order valence-corrected chi connectivity index (χ1v) is 7.50. The Morgan fingerprint density at radius 3 is 2.64 bits per heavy atom. The van der Waals surface area contributed by atoms with Crippen LogP contribution in [-0.4, -0.2) is 43.6 Å². The van der Waals surface area contributed by atoms with E-state index in [1.165, 1.54) is 12.1 Å². The molecule has 1 saturated heterocycles. The number of nitrogens with zero attached hydrogens (tertiary/aromatic N) is 2. The third-order valence-corrected chi connectivity index (χ3v) is 3.55. The largest absolute Gasteiger partial charge is 0.367 e. The fraction of sp³-hybridized carbons (Fsp3) is 0.562. The number of hydrogen-bond donors (Lipinski definition) is 1. The average molecular weight is 421 g/mol. The van der Waals surface area contributed by atoms with Crippen molar-refractivity contribution in [1.82, 2.24) is 10.2 Å². The minimum absolute atomic E-state index is 0. The van der Waals surface area contributed by atoms with Crippen molar-refractivity contribution >= 4 is 29.9 Å². The molecule has 1 N–H and O–H groups in total. The van der Waals surface area contributed by atoms with E-state index in [1.54, 1.807) is 19.2 Å². The van der Waals surface area contributed by atoms with Crippen LogP contribution in [0, 0.1) is 5.82 Å². The van der Waals surface area contributed by atoms with E-state index in [-0.39, 0.29) is 42.0 Å². The summed E-state index contributed by atoms with van der Waals surface area (Å²) in [5.41, 5.74) is 0.999. The maximum Gasteiger partial charge on any atom is 0.193 e. The van der Waals surface area contributed by atoms with Gasteiger partial charge < -0.3 is 15.0 Å². The number of morpholine rings is 1. The van der Waals surface area contributed by atoms with E-state index in [0.717, 1.165) is 37.6 Å². The molecular formula is C16H25FIN3O. The summed E-state index contributed by atoms with van der Waals surface area (Å²) < 4.78 is 19.0. The predicted molar refractivity (Wildman–Crippen MR) is 98.3 cm³/mol. The summed E-state index contributed by atoms with van der Waals surface area (Å²) in [4.78, 5) is 6.55. The molecule has 0 aliphatic carbocycles. The summed E-state index contributed by atoms with van der Waals surface area (Å²) in [6, 6.07) is 6.54. The van der Waals surface area contributed by atoms with Gasteiger partial charge in [-0.1, -0.05) is 19.1 Å². The van der Waals surface area contributed by atoms with Crippen LogP contribution < -0.4 is 5.32 Å². The van der Waals surface area contributed by atoms with Crippen LogP contribution in [-0.2, 0) is 4.74 Å². The zero-order chi connectivity index (χ0) is 15.2. The highest BCUT2D eigenvalue weighted by atomic mass is 127. The second-order valence-electron chi connectivity index (χ2n) is 5.37. The van der Waals surface area contributed by atoms with Crippen molar-refractivity contribution in [1.29, 1.82) is 0 Å². The van der Waals surface area contributed by atoms with Gasteiger partial charge in [0.05, 0.1) is 12.6 Å². The molecule has 1 aromatic rings. The molecule has 1 aromatic carbocycles. The van der Waals surface area contributed by atoms with E-state index >= 15 is 0 Å². The summed E-state index contributed by atoms with van der Waals surface area (Å²) in [5, 5.41) is 3.35. The molecule has 4 nitrogen and oxygen atoms in total. The van der Waals surface area contributed by atoms with Gasteiger partial charge in [0.1, 0.15) is 11.9 Å². The van der Waals surface area contributed by atoms with Crippen molar-refractivity contribution < 1.29 is 9.13 Å². The first kappa shape index (κ1) is 19.2. The Morgan fingerprint density at radius 2 is 2.05 bits per heavy atom. The number of aliphatic imine (C=N–C) groups is 1. The number of ether oxygens (including phenoxy) is 1. The molecule has 0 radical (unpaired) electrons. The fourth-order valence-electron chi connectivity index (χ4n) is 2.55. The lowest BCUT2D eigenvalue weighted by Gasteiger charge is -2.38. The van der Waals surface area contributed by atoms with Crippen molar-refractivity contribution in [2.24, 2.45) is 4.99 Å². The molecule has 0 spiro atoms. The van der Waals surface area contributed by atoms with Gasteiger partial charge in [-0.05, 0) is 31.0 Å². The maximum absolute atomic E-state index is 13.0. The van der Waals surface area contributed by atoms with Crippen LogP contribution in [0.1, 0.15) is 31.9 Å². The monoisotopic (exact) mass is 421 g/mol. The molecule has 2 atom stereocenters. The highest BCUT2D eigenvalue weighted by Gasteiger charge is 2.28. The summed E-state index contributed by atoms with van der Waals surface area (Å²) in [6.07, 6.45) is 1.10. The number of nitrogens with one attached hydrogen (secondary N) is 1. The van der Waals surface area contributed by atoms with Crippen LogP contribution in [0.4, 0.5) is 4.39 Å². The second kappa shape index (κ2) is 9.29. The molecule has 1 aliphatic heterocycles. The lowest BCUT2D eigenvalue weighted by Crippen LogP contribution is -2.50. The first-order chi connectivity index (χ1) is 10.1. The van der Waals surface area contributed by atoms with Crippen LogP contribution >= 0.6 is 24.0 Å². The van der Waals surface area contributed by atoms with E-state index in [2.05, 4.69) is 29.1 Å². The molecule has 0 amide bonds. The molecule has 1 aliphatic rings. The minimum Gasteiger partial charge on any atom is -0.367 e. The van der Waals surface area contributed by atoms with Crippen LogP contribution in [0.2, 0.25) is 0 Å². The topological polar surface area (TPSA) is 36.9 Å². The zero-order valence-corrected chi connectivity index (χ0v) is 15.7. The van der Waals surface area contributed by atoms with Crippen molar-refractivity contribution in [3.05, 3.63) is 35.6 Å². The normalized spacial score (nSPS) is 22.2. The van der Waals surface area contributed by atoms with Crippen molar-refractivity contribution in [2.45, 2.75) is 32.5 Å². The molecule has 0 aromatic heterocycles. The van der Waals surface area contributed by atoms with Crippen molar-refractivity contribution in [3.63, 3.8) is 0 Å². The molecule has 2 unspecified atom stereocenters. The molecule has 0 bridgehead atoms. The number of rotatable bonds is 3. The number of benzene rings is 1. The maximum atomic E-state index is 13.0. The molecular weight excluding hydrogens is 396 g/mol. The Morgan fingerprint density at radius 1 is 1.36 bits per heavy atom. The first-order valence-electron chi connectivity index (χ1n) is 7.50. The predicted octanol–water partition coefficient (Wildman–Crippen LogP) is 3.19. The Kier molecular flexibility index (Phi) is 8.09. The highest BCUT2D eigenvalue weighted by Crippen LogP contribution is 2.25. The molecule has 1 fully saturated rings. The molecule has 6 heteroatoms. The molecule has 2 rings (SSSR count). The number of halogens is 2. The summed E-state index contributed by atoms with van der Waals surface area (Å²) in [6.45, 7) is 6.61. The molecule has 0 saturated carbocycles. The van der Waals surface area contributed by atoms with Gasteiger partial charge in [-0.25, -0.2) is 4.39 Å². The second-order valence-corrected chi connectivity index (χ2v) is 5.37. The lowest BCUT2D eigenvalue weighted by atomic mass is 10.1. The molecule has 1 heterocycles. The Hall–Kier alpha value is -0.890. The smallest absolute Gasteiger partial charge is 0.193 e. The zero-order valence-electron chi connectivity index (χ0n) is 13.4. The SMILES string of the molecule is CCCNC(=NC)N1CC(C)OC(c2ccc(F)cc2)C1.I. The standard InChI is InChI=1S/C16H24FN3O.HI/c1-4-9-19-16(18-3)20-10-12(2)21-15(11-20)13-5-7-14(17)8-6-13;/h5-8,12,15H,4,9-11H2,1-3H3,(H,18,19);1H. The van der Waals surface area contributed by atoms with Gasteiger partial charge in [-0.2, -0.15) is 0 Å². The van der Waals surface area contributed by atoms with Crippen LogP contribution in [0.15, 0.2) is 29.3 Å². The van der Waals surface area contributed by atoms with E-state index in [0.29, 0.717) is 0 Å². The average Bonchev–Trinajstić information content (AvgIpc) is 2.48. The summed E-state index contributed by atoms with van der Waals surface area (Å²) in [5.74, 6) is 0.680. The van der Waals surface area contributed by atoms with Crippen molar-refractivity contribution in [3.8, 4) is 0 Å². The van der Waals surface area contributed by atoms with Crippen molar-refractivity contribution in [2.75, 3.05) is 26.7 Å². The highest BCUT2D eigenvalue weighted by molar-refractivity contribution is 14.0. The van der Waals surface area contributed by atoms with Gasteiger partial charge in [0.15, 0.2) is 5.96 Å². The van der Waals surface area contributed by atoms with Crippen LogP contribution in [0.3, 0.4) is 0 Å². The Bertz CT molecular complexity index is 481. The third kappa shape index (κ3) is 5.08. The molecule has 22 heavy (non-hydrogen) atoms. The van der Waals surface area contributed by atoms with Gasteiger partial charge in [0, 0.05) is 20.1 Å². The Balaban J connectivity index is 0.00000242. The summed E-state index contributed by atoms with van der Waals surface area (Å²) >= 11 is 0. The van der Waals surface area contributed by atoms with Gasteiger partial charge in [0.2, 0.25) is 0 Å². The van der Waals surface area contributed by atoms with Gasteiger partial charge >= 0.3 is 0 Å². The lowest BCUT2D eigenvalue weighted by molar-refractivity contribution is -0.0604. The van der Waals surface area contributed by atoms with E-state index in [4.69, 9.17) is 4.74 Å². The number of guanidine groups is 1. The molecule has 124 valence electrons. The quantitative estimate of drug-likeness (QED) is 0.463. The minimum atomic E-state index is -0.222. The van der Waals surface area contributed by atoms with E-state index in [1.807, 2.05) is 0 Å². The fourth-order valence-corrected chi connectivity index (χ4v) is 2.55. The van der Waals surface area contributed by atoms with Gasteiger partial charge in [-0.3, -0.25) is 4.99 Å². The Labute approximate surface area is 149 Å². The van der Waals surface area contributed by atoms with Gasteiger partial charge in [-0.15, -0.1) is 24.0 Å².